The zero-order valence-electron chi connectivity index (χ0n) is 12.6. The number of phenols is 1. The molecule has 1 aromatic carbocycles. The Morgan fingerprint density at radius 3 is 2.62 bits per heavy atom. The van der Waals surface area contributed by atoms with Gasteiger partial charge in [0, 0.05) is 29.2 Å². The molecule has 6 heteroatoms. The second kappa shape index (κ2) is 4.88. The topological polar surface area (TPSA) is 53.0 Å². The number of carbonyl (C=O) groups is 1. The van der Waals surface area contributed by atoms with Gasteiger partial charge in [0.2, 0.25) is 5.91 Å². The standard InChI is InChI=1S/C15H19BrN2O3/c1-7-12(16)8-5-9-15(20)17(2)6-10(18(9)3)11(8)13(19)14(7)21-4/h9-10,19H,5-6H2,1-4H3/t9-,10-/m0/s1. The third-order valence-corrected chi connectivity index (χ3v) is 5.83. The van der Waals surface area contributed by atoms with Gasteiger partial charge in [-0.05, 0) is 26.0 Å². The molecule has 1 N–H and O–H groups in total. The van der Waals surface area contributed by atoms with Gasteiger partial charge in [0.1, 0.15) is 0 Å². The Morgan fingerprint density at radius 1 is 1.33 bits per heavy atom. The lowest BCUT2D eigenvalue weighted by atomic mass is 9.83. The van der Waals surface area contributed by atoms with Crippen LogP contribution in [0.25, 0.3) is 0 Å². The van der Waals surface area contributed by atoms with E-state index in [2.05, 4.69) is 20.8 Å². The van der Waals surface area contributed by atoms with Gasteiger partial charge in [0.05, 0.1) is 19.2 Å². The smallest absolute Gasteiger partial charge is 0.240 e. The number of nitrogens with zero attached hydrogens (tertiary/aromatic N) is 2. The summed E-state index contributed by atoms with van der Waals surface area (Å²) in [6.07, 6.45) is 0.602. The molecule has 0 radical (unpaired) electrons. The molecule has 1 aromatic rings. The van der Waals surface area contributed by atoms with Gasteiger partial charge in [-0.2, -0.15) is 0 Å². The predicted octanol–water partition coefficient (Wildman–Crippen LogP) is 1.84. The van der Waals surface area contributed by atoms with Crippen LogP contribution in [-0.2, 0) is 11.2 Å². The summed E-state index contributed by atoms with van der Waals surface area (Å²) in [4.78, 5) is 16.2. The number of piperazine rings is 1. The number of amides is 1. The second-order valence-corrected chi connectivity index (χ2v) is 6.63. The number of benzene rings is 1. The lowest BCUT2D eigenvalue weighted by molar-refractivity contribution is -0.143. The number of likely N-dealkylation sites (N-methyl/N-ethyl adjacent to an activating group) is 2. The van der Waals surface area contributed by atoms with Crippen LogP contribution in [0.4, 0.5) is 0 Å². The number of rotatable bonds is 1. The maximum absolute atomic E-state index is 12.3. The highest BCUT2D eigenvalue weighted by Gasteiger charge is 2.45. The molecule has 0 aromatic heterocycles. The largest absolute Gasteiger partial charge is 0.504 e. The summed E-state index contributed by atoms with van der Waals surface area (Å²) < 4.78 is 6.30. The molecule has 2 aliphatic rings. The third kappa shape index (κ3) is 1.89. The van der Waals surface area contributed by atoms with Crippen molar-refractivity contribution < 1.29 is 14.6 Å². The monoisotopic (exact) mass is 354 g/mol. The van der Waals surface area contributed by atoms with E-state index in [1.54, 1.807) is 12.0 Å². The first-order valence-electron chi connectivity index (χ1n) is 6.93. The summed E-state index contributed by atoms with van der Waals surface area (Å²) in [6, 6.07) is -0.169. The maximum atomic E-state index is 12.3. The maximum Gasteiger partial charge on any atom is 0.240 e. The van der Waals surface area contributed by atoms with E-state index in [9.17, 15) is 9.90 Å². The molecular formula is C15H19BrN2O3. The number of methoxy groups -OCH3 is 1. The first-order valence-corrected chi connectivity index (χ1v) is 7.72. The number of hydrogen-bond acceptors (Lipinski definition) is 4. The molecule has 0 spiro atoms. The molecular weight excluding hydrogens is 336 g/mol. The fourth-order valence-electron chi connectivity index (χ4n) is 3.54. The van der Waals surface area contributed by atoms with E-state index in [4.69, 9.17) is 4.74 Å². The zero-order chi connectivity index (χ0) is 15.5. The van der Waals surface area contributed by atoms with Crippen LogP contribution in [0.5, 0.6) is 11.5 Å². The fraction of sp³-hybridized carbons (Fsp3) is 0.533. The lowest BCUT2D eigenvalue weighted by Gasteiger charge is -2.47. The van der Waals surface area contributed by atoms with E-state index in [0.717, 1.165) is 21.2 Å². The molecule has 2 atom stereocenters. The van der Waals surface area contributed by atoms with Crippen molar-refractivity contribution in [2.75, 3.05) is 27.7 Å². The second-order valence-electron chi connectivity index (χ2n) is 5.83. The molecule has 0 unspecified atom stereocenters. The average Bonchev–Trinajstić information content (AvgIpc) is 2.44. The molecule has 1 saturated heterocycles. The first kappa shape index (κ1) is 14.7. The minimum atomic E-state index is -0.162. The molecule has 3 rings (SSSR count). The molecule has 21 heavy (non-hydrogen) atoms. The zero-order valence-corrected chi connectivity index (χ0v) is 14.2. The SMILES string of the molecule is COc1c(C)c(Br)c2c(c1O)[C@@H]1CN(C)C(=O)[C@H](C2)N1C. The normalized spacial score (nSPS) is 25.0. The van der Waals surface area contributed by atoms with Crippen LogP contribution >= 0.6 is 15.9 Å². The number of fused-ring (bicyclic) bond motifs is 4. The van der Waals surface area contributed by atoms with E-state index < -0.39 is 0 Å². The Morgan fingerprint density at radius 2 is 2.00 bits per heavy atom. The van der Waals surface area contributed by atoms with Crippen molar-refractivity contribution >= 4 is 21.8 Å². The number of ether oxygens (including phenoxy) is 1. The quantitative estimate of drug-likeness (QED) is 0.835. The third-order valence-electron chi connectivity index (χ3n) is 4.76. The average molecular weight is 355 g/mol. The predicted molar refractivity (Wildman–Crippen MR) is 82.7 cm³/mol. The molecule has 2 aliphatic heterocycles. The Bertz CT molecular complexity index is 632. The highest BCUT2D eigenvalue weighted by atomic mass is 79.9. The van der Waals surface area contributed by atoms with E-state index in [0.29, 0.717) is 18.7 Å². The first-order chi connectivity index (χ1) is 9.88. The molecule has 0 aliphatic carbocycles. The van der Waals surface area contributed by atoms with Gasteiger partial charge in [0.15, 0.2) is 11.5 Å². The fourth-order valence-corrected chi connectivity index (χ4v) is 4.09. The Labute approximate surface area is 132 Å². The van der Waals surface area contributed by atoms with Crippen LogP contribution in [0.3, 0.4) is 0 Å². The van der Waals surface area contributed by atoms with E-state index in [-0.39, 0.29) is 23.7 Å². The number of aromatic hydroxyl groups is 1. The summed E-state index contributed by atoms with van der Waals surface area (Å²) >= 11 is 3.62. The van der Waals surface area contributed by atoms with Crippen LogP contribution in [0.2, 0.25) is 0 Å². The van der Waals surface area contributed by atoms with Crippen LogP contribution in [0.1, 0.15) is 22.7 Å². The summed E-state index contributed by atoms with van der Waals surface area (Å²) in [5.41, 5.74) is 2.78. The minimum Gasteiger partial charge on any atom is -0.504 e. The van der Waals surface area contributed by atoms with Crippen LogP contribution in [0, 0.1) is 6.92 Å². The Kier molecular flexibility index (Phi) is 3.41. The highest BCUT2D eigenvalue weighted by molar-refractivity contribution is 9.10. The minimum absolute atomic E-state index is 0.00718. The van der Waals surface area contributed by atoms with Crippen molar-refractivity contribution in [1.29, 1.82) is 0 Å². The number of phenolic OH excluding ortho intramolecular Hbond substituents is 1. The Hall–Kier alpha value is -1.27. The summed E-state index contributed by atoms with van der Waals surface area (Å²) in [6.45, 7) is 2.48. The molecule has 1 fully saturated rings. The van der Waals surface area contributed by atoms with Crippen molar-refractivity contribution in [2.24, 2.45) is 0 Å². The van der Waals surface area contributed by atoms with E-state index in [1.807, 2.05) is 21.0 Å². The van der Waals surface area contributed by atoms with Gasteiger partial charge < -0.3 is 14.7 Å². The van der Waals surface area contributed by atoms with Gasteiger partial charge in [-0.3, -0.25) is 9.69 Å². The van der Waals surface area contributed by atoms with Crippen molar-refractivity contribution in [3.63, 3.8) is 0 Å². The number of hydrogen-bond donors (Lipinski definition) is 1. The van der Waals surface area contributed by atoms with Crippen molar-refractivity contribution in [3.05, 3.63) is 21.2 Å². The lowest BCUT2D eigenvalue weighted by Crippen LogP contribution is -2.58. The summed E-state index contributed by atoms with van der Waals surface area (Å²) in [7, 11) is 5.33. The molecule has 5 nitrogen and oxygen atoms in total. The van der Waals surface area contributed by atoms with Gasteiger partial charge in [-0.15, -0.1) is 0 Å². The number of halogens is 1. The molecule has 1 amide bonds. The van der Waals surface area contributed by atoms with Crippen LogP contribution in [-0.4, -0.2) is 54.6 Å². The highest BCUT2D eigenvalue weighted by Crippen LogP contribution is 2.49. The van der Waals surface area contributed by atoms with Crippen LogP contribution < -0.4 is 4.74 Å². The summed E-state index contributed by atoms with van der Waals surface area (Å²) in [5, 5.41) is 10.6. The van der Waals surface area contributed by atoms with Gasteiger partial charge in [-0.1, -0.05) is 15.9 Å². The number of carbonyl (C=O) groups excluding carboxylic acids is 1. The van der Waals surface area contributed by atoms with Crippen molar-refractivity contribution in [2.45, 2.75) is 25.4 Å². The Balaban J connectivity index is 2.26. The molecule has 0 saturated carbocycles. The molecule has 2 bridgehead atoms. The molecule has 2 heterocycles. The molecule has 114 valence electrons. The van der Waals surface area contributed by atoms with Gasteiger partial charge in [0.25, 0.3) is 0 Å². The van der Waals surface area contributed by atoms with Gasteiger partial charge >= 0.3 is 0 Å². The summed E-state index contributed by atoms with van der Waals surface area (Å²) in [5.74, 6) is 0.845. The van der Waals surface area contributed by atoms with Gasteiger partial charge in [-0.25, -0.2) is 0 Å². The van der Waals surface area contributed by atoms with Crippen molar-refractivity contribution in [3.8, 4) is 11.5 Å². The van der Waals surface area contributed by atoms with E-state index >= 15 is 0 Å². The van der Waals surface area contributed by atoms with Crippen LogP contribution in [0.15, 0.2) is 4.47 Å². The van der Waals surface area contributed by atoms with E-state index in [1.165, 1.54) is 0 Å². The van der Waals surface area contributed by atoms with Crippen molar-refractivity contribution in [1.82, 2.24) is 9.80 Å².